The first kappa shape index (κ1) is 26.2. The Labute approximate surface area is 173 Å². The highest BCUT2D eigenvalue weighted by Crippen LogP contribution is 2.24. The van der Waals surface area contributed by atoms with Crippen LogP contribution in [-0.4, -0.2) is 60.7 Å². The van der Waals surface area contributed by atoms with Crippen LogP contribution in [0.4, 0.5) is 13.2 Å². The third-order valence-corrected chi connectivity index (χ3v) is 3.90. The highest BCUT2D eigenvalue weighted by atomic mass is 35.5. The first-order chi connectivity index (χ1) is 12.3. The molecule has 3 N–H and O–H groups in total. The Morgan fingerprint density at radius 2 is 2.07 bits per heavy atom. The number of ether oxygens (including phenoxy) is 1. The minimum Gasteiger partial charge on any atom is -0.467 e. The van der Waals surface area contributed by atoms with Crippen molar-refractivity contribution in [3.05, 3.63) is 23.9 Å². The normalized spacial score (nSPS) is 16.4. The summed E-state index contributed by atoms with van der Waals surface area (Å²) < 4.78 is 41.8. The molecule has 1 aliphatic rings. The first-order valence-electron chi connectivity index (χ1n) is 8.23. The Hall–Kier alpha value is -1.78. The Kier molecular flexibility index (Phi) is 11.2. The number of hydrogen-bond acceptors (Lipinski definition) is 5. The van der Waals surface area contributed by atoms with Crippen molar-refractivity contribution >= 4 is 36.6 Å². The van der Waals surface area contributed by atoms with E-state index in [4.69, 9.17) is 5.73 Å². The molecule has 160 valence electrons. The van der Waals surface area contributed by atoms with Gasteiger partial charge in [0, 0.05) is 32.4 Å². The van der Waals surface area contributed by atoms with Crippen LogP contribution in [0.1, 0.15) is 23.2 Å². The molecule has 2 heterocycles. The molecule has 12 heteroatoms. The van der Waals surface area contributed by atoms with E-state index in [1.165, 1.54) is 23.2 Å². The van der Waals surface area contributed by atoms with Crippen LogP contribution in [0.15, 0.2) is 18.3 Å². The fraction of sp³-hybridized carbons (Fsp3) is 0.562. The van der Waals surface area contributed by atoms with Crippen molar-refractivity contribution in [3.63, 3.8) is 0 Å². The molecule has 7 nitrogen and oxygen atoms in total. The molecule has 1 aromatic heterocycles. The number of aromatic nitrogens is 1. The summed E-state index contributed by atoms with van der Waals surface area (Å²) in [7, 11) is 0. The van der Waals surface area contributed by atoms with Crippen molar-refractivity contribution in [1.82, 2.24) is 15.2 Å². The second-order valence-corrected chi connectivity index (χ2v) is 5.93. The van der Waals surface area contributed by atoms with Gasteiger partial charge in [0.25, 0.3) is 5.91 Å². The molecule has 0 bridgehead atoms. The molecule has 1 aliphatic heterocycles. The molecular formula is C16H23Cl2F3N4O3. The van der Waals surface area contributed by atoms with E-state index in [9.17, 15) is 22.8 Å². The minimum atomic E-state index is -4.53. The average Bonchev–Trinajstić information content (AvgIpc) is 2.63. The summed E-state index contributed by atoms with van der Waals surface area (Å²) >= 11 is 0. The van der Waals surface area contributed by atoms with Gasteiger partial charge >= 0.3 is 6.18 Å². The number of hydrogen-bond donors (Lipinski definition) is 2. The summed E-state index contributed by atoms with van der Waals surface area (Å²) in [5.74, 6) is -1.45. The molecule has 2 amide bonds. The maximum Gasteiger partial charge on any atom is 0.422 e. The number of alkyl halides is 3. The Morgan fingerprint density at radius 3 is 2.71 bits per heavy atom. The number of pyridine rings is 1. The molecule has 0 radical (unpaired) electrons. The number of piperidine rings is 1. The van der Waals surface area contributed by atoms with Crippen LogP contribution in [-0.2, 0) is 4.79 Å². The first-order valence-corrected chi connectivity index (χ1v) is 8.23. The van der Waals surface area contributed by atoms with Crippen molar-refractivity contribution in [2.45, 2.75) is 19.0 Å². The van der Waals surface area contributed by atoms with E-state index in [2.05, 4.69) is 15.0 Å². The number of nitrogens with zero attached hydrogens (tertiary/aromatic N) is 2. The summed E-state index contributed by atoms with van der Waals surface area (Å²) in [6.45, 7) is -0.275. The van der Waals surface area contributed by atoms with Gasteiger partial charge in [0.05, 0.1) is 5.92 Å². The fourth-order valence-electron chi connectivity index (χ4n) is 2.70. The van der Waals surface area contributed by atoms with E-state index < -0.39 is 18.7 Å². The van der Waals surface area contributed by atoms with Crippen molar-refractivity contribution in [2.24, 2.45) is 11.7 Å². The van der Waals surface area contributed by atoms with Crippen LogP contribution < -0.4 is 15.8 Å². The Morgan fingerprint density at radius 1 is 1.36 bits per heavy atom. The van der Waals surface area contributed by atoms with Gasteiger partial charge in [-0.3, -0.25) is 9.59 Å². The number of likely N-dealkylation sites (tertiary alicyclic amines) is 1. The summed E-state index contributed by atoms with van der Waals surface area (Å²) in [5, 5.41) is 2.69. The lowest BCUT2D eigenvalue weighted by atomic mass is 9.96. The van der Waals surface area contributed by atoms with Gasteiger partial charge in [-0.2, -0.15) is 13.2 Å². The van der Waals surface area contributed by atoms with E-state index in [1.807, 2.05) is 0 Å². The number of halogens is 5. The summed E-state index contributed by atoms with van der Waals surface area (Å²) in [4.78, 5) is 29.9. The molecule has 1 saturated heterocycles. The molecule has 2 rings (SSSR count). The lowest BCUT2D eigenvalue weighted by Crippen LogP contribution is -2.46. The van der Waals surface area contributed by atoms with Crippen LogP contribution in [0.5, 0.6) is 5.88 Å². The zero-order valence-electron chi connectivity index (χ0n) is 14.9. The number of carbonyl (C=O) groups is 2. The van der Waals surface area contributed by atoms with Crippen LogP contribution in [0, 0.1) is 5.92 Å². The average molecular weight is 447 g/mol. The molecular weight excluding hydrogens is 424 g/mol. The molecule has 0 aliphatic carbocycles. The van der Waals surface area contributed by atoms with Gasteiger partial charge in [-0.05, 0) is 25.0 Å². The number of nitrogens with one attached hydrogen (secondary N) is 1. The number of rotatable bonds is 6. The lowest BCUT2D eigenvalue weighted by molar-refractivity contribution is -0.154. The van der Waals surface area contributed by atoms with Crippen LogP contribution in [0.3, 0.4) is 0 Å². The van der Waals surface area contributed by atoms with Gasteiger partial charge in [-0.1, -0.05) is 0 Å². The van der Waals surface area contributed by atoms with E-state index in [0.29, 0.717) is 32.5 Å². The molecule has 0 saturated carbocycles. The topological polar surface area (TPSA) is 97.6 Å². The van der Waals surface area contributed by atoms with Crippen molar-refractivity contribution in [1.29, 1.82) is 0 Å². The SMILES string of the molecule is Cl.Cl.NCCNC(=O)C1CCCN(C(=O)c2cccnc2OCC(F)(F)F)C1. The molecule has 1 aromatic rings. The molecule has 1 unspecified atom stereocenters. The Bertz CT molecular complexity index is 650. The molecule has 28 heavy (non-hydrogen) atoms. The number of carbonyl (C=O) groups excluding carboxylic acids is 2. The van der Waals surface area contributed by atoms with Gasteiger partial charge in [0.1, 0.15) is 5.56 Å². The molecule has 0 aromatic carbocycles. The van der Waals surface area contributed by atoms with Crippen LogP contribution in [0.25, 0.3) is 0 Å². The second kappa shape index (κ2) is 11.9. The zero-order valence-corrected chi connectivity index (χ0v) is 16.5. The van der Waals surface area contributed by atoms with Gasteiger partial charge in [-0.25, -0.2) is 4.98 Å². The predicted octanol–water partition coefficient (Wildman–Crippen LogP) is 1.79. The van der Waals surface area contributed by atoms with Crippen molar-refractivity contribution in [3.8, 4) is 5.88 Å². The molecule has 0 spiro atoms. The van der Waals surface area contributed by atoms with E-state index >= 15 is 0 Å². The number of amides is 2. The third kappa shape index (κ3) is 7.69. The minimum absolute atomic E-state index is 0. The van der Waals surface area contributed by atoms with E-state index in [0.717, 1.165) is 0 Å². The van der Waals surface area contributed by atoms with Crippen molar-refractivity contribution in [2.75, 3.05) is 32.8 Å². The van der Waals surface area contributed by atoms with Gasteiger partial charge < -0.3 is 20.7 Å². The van der Waals surface area contributed by atoms with E-state index in [-0.39, 0.29) is 54.6 Å². The maximum absolute atomic E-state index is 12.7. The summed E-state index contributed by atoms with van der Waals surface area (Å²) in [6.07, 6.45) is -2.03. The zero-order chi connectivity index (χ0) is 19.2. The molecule has 1 fully saturated rings. The standard InChI is InChI=1S/C16H21F3N4O3.2ClH/c17-16(18,19)10-26-14-12(4-1-6-22-14)15(25)23-8-2-3-11(9-23)13(24)21-7-5-20;;/h1,4,6,11H,2-3,5,7-10,20H2,(H,21,24);2*1H. The largest absolute Gasteiger partial charge is 0.467 e. The van der Waals surface area contributed by atoms with Gasteiger partial charge in [0.15, 0.2) is 6.61 Å². The lowest BCUT2D eigenvalue weighted by Gasteiger charge is -2.32. The quantitative estimate of drug-likeness (QED) is 0.693. The van der Waals surface area contributed by atoms with Gasteiger partial charge in [0.2, 0.25) is 11.8 Å². The maximum atomic E-state index is 12.7. The predicted molar refractivity (Wildman–Crippen MR) is 101 cm³/mol. The van der Waals surface area contributed by atoms with Crippen molar-refractivity contribution < 1.29 is 27.5 Å². The molecule has 1 atom stereocenters. The fourth-order valence-corrected chi connectivity index (χ4v) is 2.70. The van der Waals surface area contributed by atoms with Gasteiger partial charge in [-0.15, -0.1) is 24.8 Å². The summed E-state index contributed by atoms with van der Waals surface area (Å²) in [6, 6.07) is 2.81. The third-order valence-electron chi connectivity index (χ3n) is 3.90. The highest BCUT2D eigenvalue weighted by molar-refractivity contribution is 5.96. The second-order valence-electron chi connectivity index (χ2n) is 5.93. The van der Waals surface area contributed by atoms with E-state index in [1.54, 1.807) is 0 Å². The Balaban J connectivity index is 0.00000364. The van der Waals surface area contributed by atoms with Crippen LogP contribution >= 0.6 is 24.8 Å². The summed E-state index contributed by atoms with van der Waals surface area (Å²) in [5.41, 5.74) is 5.30. The highest BCUT2D eigenvalue weighted by Gasteiger charge is 2.32. The van der Waals surface area contributed by atoms with Crippen LogP contribution in [0.2, 0.25) is 0 Å². The number of nitrogens with two attached hydrogens (primary N) is 1. The monoisotopic (exact) mass is 446 g/mol. The smallest absolute Gasteiger partial charge is 0.422 e.